The number of ether oxygens (including phenoxy) is 2. The molecular formula is C23H27ClO6. The van der Waals surface area contributed by atoms with Crippen molar-refractivity contribution in [2.24, 2.45) is 0 Å². The van der Waals surface area contributed by atoms with Crippen LogP contribution in [-0.2, 0) is 15.9 Å². The molecule has 4 rings (SSSR count). The molecule has 1 saturated heterocycles. The second-order valence-electron chi connectivity index (χ2n) is 8.03. The second kappa shape index (κ2) is 9.22. The summed E-state index contributed by atoms with van der Waals surface area (Å²) in [5.74, 6) is 0.685. The van der Waals surface area contributed by atoms with Gasteiger partial charge in [-0.2, -0.15) is 0 Å². The van der Waals surface area contributed by atoms with Gasteiger partial charge in [0.05, 0.1) is 18.2 Å². The van der Waals surface area contributed by atoms with Crippen LogP contribution in [0.15, 0.2) is 63.9 Å². The Morgan fingerprint density at radius 3 is 2.53 bits per heavy atom. The lowest BCUT2D eigenvalue weighted by molar-refractivity contribution is -0.219. The molecule has 0 saturated carbocycles. The molecule has 30 heavy (non-hydrogen) atoms. The van der Waals surface area contributed by atoms with Gasteiger partial charge < -0.3 is 29.9 Å². The average Bonchev–Trinajstić information content (AvgIpc) is 2.90. The topological polar surface area (TPSA) is 99.4 Å². The van der Waals surface area contributed by atoms with E-state index in [0.29, 0.717) is 30.2 Å². The van der Waals surface area contributed by atoms with Crippen molar-refractivity contribution in [1.29, 1.82) is 0 Å². The molecule has 1 aromatic carbocycles. The minimum absolute atomic E-state index is 0.459. The van der Waals surface area contributed by atoms with Gasteiger partial charge in [0, 0.05) is 0 Å². The summed E-state index contributed by atoms with van der Waals surface area (Å²) in [6.07, 6.45) is -1.30. The summed E-state index contributed by atoms with van der Waals surface area (Å²) in [5.41, 5.74) is 3.68. The van der Waals surface area contributed by atoms with Crippen LogP contribution in [0, 0.1) is 0 Å². The van der Waals surface area contributed by atoms with Crippen LogP contribution in [0.3, 0.4) is 0 Å². The van der Waals surface area contributed by atoms with E-state index in [0.717, 1.165) is 35.1 Å². The van der Waals surface area contributed by atoms with Gasteiger partial charge >= 0.3 is 0 Å². The zero-order valence-electron chi connectivity index (χ0n) is 16.6. The van der Waals surface area contributed by atoms with Crippen LogP contribution < -0.4 is 0 Å². The van der Waals surface area contributed by atoms with Gasteiger partial charge in [0.15, 0.2) is 0 Å². The number of halogens is 1. The van der Waals surface area contributed by atoms with E-state index >= 15 is 0 Å². The van der Waals surface area contributed by atoms with Crippen molar-refractivity contribution in [3.05, 3.63) is 69.5 Å². The lowest BCUT2D eigenvalue weighted by Crippen LogP contribution is -2.58. The Balaban J connectivity index is 1.73. The first-order valence-corrected chi connectivity index (χ1v) is 10.7. The molecule has 6 nitrogen and oxygen atoms in total. The van der Waals surface area contributed by atoms with Crippen molar-refractivity contribution >= 4 is 11.6 Å². The number of benzene rings is 1. The van der Waals surface area contributed by atoms with Gasteiger partial charge in [0.25, 0.3) is 0 Å². The number of allylic oxidation sites excluding steroid dienone is 4. The van der Waals surface area contributed by atoms with E-state index < -0.39 is 37.1 Å². The first-order valence-electron chi connectivity index (χ1n) is 10.3. The first-order chi connectivity index (χ1) is 14.5. The summed E-state index contributed by atoms with van der Waals surface area (Å²) >= 11 is 6.78. The molecule has 2 aliphatic heterocycles. The Hall–Kier alpha value is -1.67. The molecule has 3 aliphatic rings. The average molecular weight is 435 g/mol. The Bertz CT molecular complexity index is 860. The van der Waals surface area contributed by atoms with Crippen molar-refractivity contribution in [2.45, 2.75) is 56.2 Å². The van der Waals surface area contributed by atoms with Gasteiger partial charge in [0.1, 0.15) is 36.3 Å². The van der Waals surface area contributed by atoms with Crippen LogP contribution in [0.5, 0.6) is 0 Å². The minimum Gasteiger partial charge on any atom is -0.492 e. The highest BCUT2D eigenvalue weighted by Crippen LogP contribution is 2.40. The van der Waals surface area contributed by atoms with Crippen molar-refractivity contribution < 1.29 is 29.9 Å². The third-order valence-electron chi connectivity index (χ3n) is 5.94. The molecule has 162 valence electrons. The van der Waals surface area contributed by atoms with E-state index in [-0.39, 0.29) is 0 Å². The molecule has 1 aliphatic carbocycles. The zero-order chi connectivity index (χ0) is 21.3. The Morgan fingerprint density at radius 2 is 1.80 bits per heavy atom. The number of rotatable bonds is 4. The second-order valence-corrected chi connectivity index (χ2v) is 8.41. The third kappa shape index (κ3) is 4.21. The van der Waals surface area contributed by atoms with Crippen molar-refractivity contribution in [3.63, 3.8) is 0 Å². The van der Waals surface area contributed by atoms with Gasteiger partial charge in [-0.05, 0) is 48.0 Å². The van der Waals surface area contributed by atoms with Crippen LogP contribution in [0.25, 0.3) is 0 Å². The number of hydrogen-bond donors (Lipinski definition) is 4. The smallest absolute Gasteiger partial charge is 0.137 e. The van der Waals surface area contributed by atoms with Crippen molar-refractivity contribution in [1.82, 2.24) is 0 Å². The molecule has 0 radical (unpaired) electrons. The molecule has 1 fully saturated rings. The van der Waals surface area contributed by atoms with Gasteiger partial charge in [-0.25, -0.2) is 0 Å². The summed E-state index contributed by atoms with van der Waals surface area (Å²) in [5, 5.41) is 41.1. The molecule has 5 atom stereocenters. The van der Waals surface area contributed by atoms with E-state index in [1.807, 2.05) is 36.4 Å². The molecule has 0 amide bonds. The Kier molecular flexibility index (Phi) is 6.63. The predicted molar refractivity (Wildman–Crippen MR) is 112 cm³/mol. The van der Waals surface area contributed by atoms with Crippen molar-refractivity contribution in [2.75, 3.05) is 13.2 Å². The van der Waals surface area contributed by atoms with Crippen LogP contribution in [-0.4, -0.2) is 64.2 Å². The Labute approximate surface area is 180 Å². The Morgan fingerprint density at radius 1 is 1.03 bits per heavy atom. The largest absolute Gasteiger partial charge is 0.492 e. The fourth-order valence-electron chi connectivity index (χ4n) is 4.33. The quantitative estimate of drug-likeness (QED) is 0.578. The maximum Gasteiger partial charge on any atom is 0.137 e. The van der Waals surface area contributed by atoms with E-state index in [1.54, 1.807) is 0 Å². The first kappa shape index (κ1) is 21.6. The molecule has 1 aromatic rings. The zero-order valence-corrected chi connectivity index (χ0v) is 17.3. The molecule has 0 aromatic heterocycles. The lowest BCUT2D eigenvalue weighted by atomic mass is 9.87. The van der Waals surface area contributed by atoms with Crippen LogP contribution >= 0.6 is 11.6 Å². The van der Waals surface area contributed by atoms with E-state index in [1.165, 1.54) is 0 Å². The molecule has 0 bridgehead atoms. The molecule has 4 N–H and O–H groups in total. The summed E-state index contributed by atoms with van der Waals surface area (Å²) in [7, 11) is 0. The predicted octanol–water partition coefficient (Wildman–Crippen LogP) is 1.96. The number of aliphatic hydroxyl groups is 4. The van der Waals surface area contributed by atoms with Crippen molar-refractivity contribution in [3.8, 4) is 0 Å². The highest BCUT2D eigenvalue weighted by molar-refractivity contribution is 6.32. The summed E-state index contributed by atoms with van der Waals surface area (Å²) < 4.78 is 11.7. The third-order valence-corrected chi connectivity index (χ3v) is 6.36. The van der Waals surface area contributed by atoms with E-state index in [4.69, 9.17) is 21.1 Å². The lowest BCUT2D eigenvalue weighted by Gasteiger charge is -2.41. The summed E-state index contributed by atoms with van der Waals surface area (Å²) in [6, 6.07) is 9.91. The summed E-state index contributed by atoms with van der Waals surface area (Å²) in [6.45, 7) is 0.141. The van der Waals surface area contributed by atoms with Crippen LogP contribution in [0.4, 0.5) is 0 Å². The van der Waals surface area contributed by atoms with Gasteiger partial charge in [-0.1, -0.05) is 48.0 Å². The minimum atomic E-state index is -1.42. The summed E-state index contributed by atoms with van der Waals surface area (Å²) in [4.78, 5) is 0. The van der Waals surface area contributed by atoms with E-state index in [9.17, 15) is 20.4 Å². The van der Waals surface area contributed by atoms with Crippen LogP contribution in [0.2, 0.25) is 0 Å². The monoisotopic (exact) mass is 434 g/mol. The van der Waals surface area contributed by atoms with Gasteiger partial charge in [-0.3, -0.25) is 0 Å². The maximum atomic E-state index is 10.6. The maximum absolute atomic E-state index is 10.6. The van der Waals surface area contributed by atoms with E-state index in [2.05, 4.69) is 0 Å². The molecular weight excluding hydrogens is 408 g/mol. The highest BCUT2D eigenvalue weighted by atomic mass is 35.5. The number of aliphatic hydroxyl groups excluding tert-OH is 4. The van der Waals surface area contributed by atoms with Gasteiger partial charge in [0.2, 0.25) is 0 Å². The molecule has 0 spiro atoms. The molecule has 2 heterocycles. The SMILES string of the molecule is OCC1OC(C2=CC(Cc3ccccc3)=C(Cl)C3=C(CCCO3)C2)C(O)C(O)C1O. The molecule has 5 unspecified atom stereocenters. The highest BCUT2D eigenvalue weighted by Gasteiger charge is 2.45. The molecule has 7 heteroatoms. The fourth-order valence-corrected chi connectivity index (χ4v) is 4.64. The fraction of sp³-hybridized carbons (Fsp3) is 0.478. The normalized spacial score (nSPS) is 32.3. The van der Waals surface area contributed by atoms with Crippen LogP contribution in [0.1, 0.15) is 24.8 Å². The standard InChI is InChI=1S/C23H27ClO6/c24-18-15(9-13-5-2-1-3-6-13)11-16(10-14-7-4-8-29-22(14)18)23-21(28)20(27)19(26)17(12-25)30-23/h1-3,5-6,11,17,19-21,23,25-28H,4,7-10,12H2. The van der Waals surface area contributed by atoms with Gasteiger partial charge in [-0.15, -0.1) is 0 Å². The number of hydrogen-bond acceptors (Lipinski definition) is 6.